The Kier molecular flexibility index (Phi) is 10.1. The minimum atomic E-state index is -0.767. The smallest absolute Gasteiger partial charge is 0.337 e. The molecule has 3 N–H and O–H groups in total. The topological polar surface area (TPSA) is 137 Å². The van der Waals surface area contributed by atoms with Gasteiger partial charge in [0.2, 0.25) is 0 Å². The number of hydrogen-bond donors (Lipinski definition) is 3. The van der Waals surface area contributed by atoms with Crippen molar-refractivity contribution in [1.29, 1.82) is 0 Å². The number of nitrogens with zero attached hydrogens (tertiary/aromatic N) is 1. The summed E-state index contributed by atoms with van der Waals surface area (Å²) in [6.45, 7) is 3.60. The van der Waals surface area contributed by atoms with Gasteiger partial charge in [0.05, 0.1) is 43.1 Å². The first-order valence-electron chi connectivity index (χ1n) is 11.3. The van der Waals surface area contributed by atoms with Gasteiger partial charge in [0.25, 0.3) is 5.91 Å². The summed E-state index contributed by atoms with van der Waals surface area (Å²) in [5.74, 6) is 0.0936. The Labute approximate surface area is 236 Å². The largest absolute Gasteiger partial charge is 0.493 e. The fourth-order valence-corrected chi connectivity index (χ4v) is 5.00. The molecule has 0 spiro atoms. The standard InChI is InChI=1S/C25H26Br2N4O7/c1-5-37-23-15(8-16(26)10-17(23)27)11-28-31-20(32)12-38-18-7-6-14(9-19(18)35-3)22-21(24(33)36-4)13(2)29-25(34)30-22/h6-11,22H,5,12H2,1-4H3,(H,31,32)(H2,29,30,34)/b28-11-/t22-/m1/s1. The Hall–Kier alpha value is -3.58. The summed E-state index contributed by atoms with van der Waals surface area (Å²) in [6, 6.07) is 7.27. The molecule has 2 aromatic carbocycles. The Morgan fingerprint density at radius 2 is 1.89 bits per heavy atom. The number of carbonyl (C=O) groups excluding carboxylic acids is 3. The van der Waals surface area contributed by atoms with Gasteiger partial charge in [-0.25, -0.2) is 15.0 Å². The number of esters is 1. The molecule has 1 aliphatic heterocycles. The number of rotatable bonds is 10. The lowest BCUT2D eigenvalue weighted by atomic mass is 9.95. The molecule has 3 rings (SSSR count). The van der Waals surface area contributed by atoms with Crippen molar-refractivity contribution in [3.63, 3.8) is 0 Å². The number of methoxy groups -OCH3 is 2. The summed E-state index contributed by atoms with van der Waals surface area (Å²) in [6.07, 6.45) is 1.47. The number of halogens is 2. The third-order valence-corrected chi connectivity index (χ3v) is 6.32. The molecule has 13 heteroatoms. The minimum absolute atomic E-state index is 0.255. The first-order chi connectivity index (χ1) is 18.2. The number of amides is 3. The molecule has 2 aromatic rings. The summed E-state index contributed by atoms with van der Waals surface area (Å²) in [5.41, 5.74) is 4.26. The SMILES string of the molecule is CCOc1c(Br)cc(Br)cc1/C=N\NC(=O)COc1ccc([C@H]2NC(=O)NC(C)=C2C(=O)OC)cc1OC. The molecule has 0 bridgehead atoms. The van der Waals surface area contributed by atoms with Crippen molar-refractivity contribution < 1.29 is 33.3 Å². The van der Waals surface area contributed by atoms with Crippen LogP contribution in [0.15, 0.2) is 55.6 Å². The van der Waals surface area contributed by atoms with Crippen LogP contribution in [0.4, 0.5) is 4.79 Å². The number of allylic oxidation sites excluding steroid dienone is 1. The summed E-state index contributed by atoms with van der Waals surface area (Å²) < 4.78 is 23.1. The quantitative estimate of drug-likeness (QED) is 0.201. The molecule has 0 aliphatic carbocycles. The van der Waals surface area contributed by atoms with Crippen LogP contribution in [0.25, 0.3) is 0 Å². The van der Waals surface area contributed by atoms with E-state index in [1.807, 2.05) is 13.0 Å². The van der Waals surface area contributed by atoms with Crippen molar-refractivity contribution >= 4 is 56.0 Å². The Morgan fingerprint density at radius 1 is 1.13 bits per heavy atom. The van der Waals surface area contributed by atoms with Crippen LogP contribution in [0, 0.1) is 0 Å². The highest BCUT2D eigenvalue weighted by Gasteiger charge is 2.32. The van der Waals surface area contributed by atoms with Crippen LogP contribution in [0.1, 0.15) is 31.0 Å². The van der Waals surface area contributed by atoms with E-state index in [0.717, 1.165) is 8.95 Å². The van der Waals surface area contributed by atoms with Crippen molar-refractivity contribution in [1.82, 2.24) is 16.1 Å². The van der Waals surface area contributed by atoms with Gasteiger partial charge in [-0.15, -0.1) is 0 Å². The summed E-state index contributed by atoms with van der Waals surface area (Å²) in [7, 11) is 2.70. The van der Waals surface area contributed by atoms with E-state index in [1.165, 1.54) is 20.4 Å². The van der Waals surface area contributed by atoms with Crippen LogP contribution in [-0.2, 0) is 14.3 Å². The van der Waals surface area contributed by atoms with Gasteiger partial charge >= 0.3 is 12.0 Å². The van der Waals surface area contributed by atoms with Crippen LogP contribution >= 0.6 is 31.9 Å². The Balaban J connectivity index is 1.70. The van der Waals surface area contributed by atoms with Gasteiger partial charge in [-0.1, -0.05) is 22.0 Å². The fraction of sp³-hybridized carbons (Fsp3) is 0.280. The van der Waals surface area contributed by atoms with Crippen molar-refractivity contribution in [2.75, 3.05) is 27.4 Å². The molecule has 1 aliphatic rings. The normalized spacial score (nSPS) is 15.0. The van der Waals surface area contributed by atoms with Gasteiger partial charge in [0.15, 0.2) is 18.1 Å². The average Bonchev–Trinajstić information content (AvgIpc) is 2.88. The lowest BCUT2D eigenvalue weighted by molar-refractivity contribution is -0.136. The molecule has 38 heavy (non-hydrogen) atoms. The molecule has 11 nitrogen and oxygen atoms in total. The molecule has 0 unspecified atom stereocenters. The third-order valence-electron chi connectivity index (χ3n) is 5.27. The second-order valence-corrected chi connectivity index (χ2v) is 9.56. The zero-order chi connectivity index (χ0) is 27.8. The van der Waals surface area contributed by atoms with Crippen LogP contribution in [0.2, 0.25) is 0 Å². The van der Waals surface area contributed by atoms with E-state index in [9.17, 15) is 14.4 Å². The first kappa shape index (κ1) is 29.0. The molecule has 0 saturated heterocycles. The summed E-state index contributed by atoms with van der Waals surface area (Å²) >= 11 is 6.87. The monoisotopic (exact) mass is 652 g/mol. The van der Waals surface area contributed by atoms with E-state index in [1.54, 1.807) is 31.2 Å². The highest BCUT2D eigenvalue weighted by molar-refractivity contribution is 9.11. The van der Waals surface area contributed by atoms with Crippen molar-refractivity contribution in [2.45, 2.75) is 19.9 Å². The van der Waals surface area contributed by atoms with E-state index in [2.05, 4.69) is 53.0 Å². The summed E-state index contributed by atoms with van der Waals surface area (Å²) in [5, 5.41) is 9.26. The predicted octanol–water partition coefficient (Wildman–Crippen LogP) is 3.95. The van der Waals surface area contributed by atoms with Crippen LogP contribution in [-0.4, -0.2) is 51.6 Å². The van der Waals surface area contributed by atoms with Gasteiger partial charge < -0.3 is 29.6 Å². The number of urea groups is 1. The molecule has 1 heterocycles. The highest BCUT2D eigenvalue weighted by atomic mass is 79.9. The first-order valence-corrected chi connectivity index (χ1v) is 12.9. The van der Waals surface area contributed by atoms with Crippen LogP contribution in [0.5, 0.6) is 17.2 Å². The molecule has 202 valence electrons. The molecule has 1 atom stereocenters. The van der Waals surface area contributed by atoms with Crippen LogP contribution < -0.4 is 30.3 Å². The maximum Gasteiger partial charge on any atom is 0.337 e. The number of benzene rings is 2. The van der Waals surface area contributed by atoms with Crippen molar-refractivity contribution in [3.8, 4) is 17.2 Å². The van der Waals surface area contributed by atoms with Gasteiger partial charge in [-0.2, -0.15) is 5.10 Å². The van der Waals surface area contributed by atoms with Crippen molar-refractivity contribution in [2.24, 2.45) is 5.10 Å². The highest BCUT2D eigenvalue weighted by Crippen LogP contribution is 2.35. The van der Waals surface area contributed by atoms with Crippen molar-refractivity contribution in [3.05, 3.63) is 61.7 Å². The number of hydrogen-bond acceptors (Lipinski definition) is 8. The van der Waals surface area contributed by atoms with Gasteiger partial charge in [0.1, 0.15) is 5.75 Å². The second-order valence-electron chi connectivity index (χ2n) is 7.79. The number of hydrazone groups is 1. The number of ether oxygens (including phenoxy) is 4. The number of nitrogens with one attached hydrogen (secondary N) is 3. The van der Waals surface area contributed by atoms with Crippen LogP contribution in [0.3, 0.4) is 0 Å². The second kappa shape index (κ2) is 13.3. The Morgan fingerprint density at radius 3 is 2.58 bits per heavy atom. The average molecular weight is 654 g/mol. The molecular formula is C25H26Br2N4O7. The lowest BCUT2D eigenvalue weighted by Crippen LogP contribution is -2.45. The fourth-order valence-electron chi connectivity index (χ4n) is 3.63. The molecule has 0 fully saturated rings. The minimum Gasteiger partial charge on any atom is -0.493 e. The van der Waals surface area contributed by atoms with Gasteiger partial charge in [-0.05, 0) is 59.6 Å². The van der Waals surface area contributed by atoms with E-state index in [-0.39, 0.29) is 17.9 Å². The molecule has 0 aromatic heterocycles. The molecule has 0 saturated carbocycles. The third kappa shape index (κ3) is 7.04. The van der Waals surface area contributed by atoms with E-state index < -0.39 is 23.9 Å². The maximum absolute atomic E-state index is 12.3. The zero-order valence-electron chi connectivity index (χ0n) is 21.0. The Bertz CT molecular complexity index is 1300. The number of carbonyl (C=O) groups is 3. The molecular weight excluding hydrogens is 628 g/mol. The zero-order valence-corrected chi connectivity index (χ0v) is 24.2. The van der Waals surface area contributed by atoms with E-state index in [4.69, 9.17) is 18.9 Å². The predicted molar refractivity (Wildman–Crippen MR) is 146 cm³/mol. The van der Waals surface area contributed by atoms with E-state index >= 15 is 0 Å². The molecule has 0 radical (unpaired) electrons. The van der Waals surface area contributed by atoms with E-state index in [0.29, 0.717) is 34.9 Å². The lowest BCUT2D eigenvalue weighted by Gasteiger charge is -2.28. The maximum atomic E-state index is 12.3. The summed E-state index contributed by atoms with van der Waals surface area (Å²) in [4.78, 5) is 36.7. The molecule has 3 amide bonds. The van der Waals surface area contributed by atoms with Gasteiger partial charge in [-0.3, -0.25) is 4.79 Å². The van der Waals surface area contributed by atoms with Gasteiger partial charge in [0, 0.05) is 15.7 Å².